The maximum absolute atomic E-state index is 13.1. The third-order valence-corrected chi connectivity index (χ3v) is 4.98. The molecule has 1 heterocycles. The minimum atomic E-state index is -0.528. The summed E-state index contributed by atoms with van der Waals surface area (Å²) in [6, 6.07) is 18.7. The highest BCUT2D eigenvalue weighted by atomic mass is 79.9. The van der Waals surface area contributed by atoms with E-state index >= 15 is 0 Å². The summed E-state index contributed by atoms with van der Waals surface area (Å²) in [6.07, 6.45) is 1.62. The standard InChI is InChI=1S/C24H17BrFNO4/c1-29-21-10-7-16(12-22(21)30-14-15-5-8-19(26)9-6-15)11-20-24(28)31-23(27-20)17-3-2-4-18(25)13-17/h2-13H,14H2,1H3/b20-11+. The van der Waals surface area contributed by atoms with Crippen molar-refractivity contribution in [2.45, 2.75) is 6.61 Å². The number of hydrogen-bond acceptors (Lipinski definition) is 5. The Morgan fingerprint density at radius 1 is 1.06 bits per heavy atom. The van der Waals surface area contributed by atoms with Crippen molar-refractivity contribution >= 4 is 33.9 Å². The quantitative estimate of drug-likeness (QED) is 0.343. The molecule has 0 unspecified atom stereocenters. The van der Waals surface area contributed by atoms with E-state index in [0.29, 0.717) is 22.6 Å². The third-order valence-electron chi connectivity index (χ3n) is 4.49. The summed E-state index contributed by atoms with van der Waals surface area (Å²) in [4.78, 5) is 16.6. The van der Waals surface area contributed by atoms with Gasteiger partial charge >= 0.3 is 5.97 Å². The molecule has 0 aromatic heterocycles. The molecular formula is C24H17BrFNO4. The van der Waals surface area contributed by atoms with Crippen LogP contribution in [0.2, 0.25) is 0 Å². The number of benzene rings is 3. The minimum Gasteiger partial charge on any atom is -0.493 e. The van der Waals surface area contributed by atoms with Gasteiger partial charge in [0.05, 0.1) is 7.11 Å². The number of rotatable bonds is 6. The van der Waals surface area contributed by atoms with Crippen LogP contribution in [0.25, 0.3) is 6.08 Å². The second kappa shape index (κ2) is 9.14. The Morgan fingerprint density at radius 3 is 2.61 bits per heavy atom. The molecule has 1 aliphatic rings. The first-order valence-electron chi connectivity index (χ1n) is 9.35. The smallest absolute Gasteiger partial charge is 0.363 e. The maximum atomic E-state index is 13.1. The highest BCUT2D eigenvalue weighted by Gasteiger charge is 2.24. The van der Waals surface area contributed by atoms with Crippen LogP contribution in [-0.4, -0.2) is 19.0 Å². The van der Waals surface area contributed by atoms with Crippen LogP contribution >= 0.6 is 15.9 Å². The average molecular weight is 482 g/mol. The van der Waals surface area contributed by atoms with Gasteiger partial charge in [-0.25, -0.2) is 14.2 Å². The molecule has 5 nitrogen and oxygen atoms in total. The number of halogens is 2. The summed E-state index contributed by atoms with van der Waals surface area (Å²) in [5.74, 6) is 0.444. The van der Waals surface area contributed by atoms with Gasteiger partial charge < -0.3 is 14.2 Å². The van der Waals surface area contributed by atoms with Crippen molar-refractivity contribution in [1.82, 2.24) is 0 Å². The number of carbonyl (C=O) groups excluding carboxylic acids is 1. The third kappa shape index (κ3) is 5.00. The van der Waals surface area contributed by atoms with Crippen molar-refractivity contribution in [3.05, 3.63) is 99.4 Å². The van der Waals surface area contributed by atoms with Gasteiger partial charge in [-0.15, -0.1) is 0 Å². The minimum absolute atomic E-state index is 0.185. The summed E-state index contributed by atoms with van der Waals surface area (Å²) < 4.78 is 30.5. The van der Waals surface area contributed by atoms with Gasteiger partial charge in [-0.3, -0.25) is 0 Å². The first kappa shape index (κ1) is 20.8. The molecule has 3 aromatic rings. The predicted octanol–water partition coefficient (Wildman–Crippen LogP) is 5.52. The molecule has 31 heavy (non-hydrogen) atoms. The van der Waals surface area contributed by atoms with Crippen molar-refractivity contribution in [1.29, 1.82) is 0 Å². The summed E-state index contributed by atoms with van der Waals surface area (Å²) >= 11 is 3.40. The summed E-state index contributed by atoms with van der Waals surface area (Å²) in [5, 5.41) is 0. The first-order valence-corrected chi connectivity index (χ1v) is 10.1. The fraction of sp³-hybridized carbons (Fsp3) is 0.0833. The van der Waals surface area contributed by atoms with Crippen LogP contribution in [0.4, 0.5) is 4.39 Å². The van der Waals surface area contributed by atoms with E-state index in [1.807, 2.05) is 24.3 Å². The van der Waals surface area contributed by atoms with Gasteiger partial charge in [0.15, 0.2) is 17.2 Å². The molecule has 0 amide bonds. The fourth-order valence-corrected chi connectivity index (χ4v) is 3.35. The number of ether oxygens (including phenoxy) is 3. The van der Waals surface area contributed by atoms with Crippen molar-refractivity contribution in [2.24, 2.45) is 4.99 Å². The molecule has 0 aliphatic carbocycles. The average Bonchev–Trinajstić information content (AvgIpc) is 3.14. The van der Waals surface area contributed by atoms with Crippen LogP contribution in [0.15, 0.2) is 81.9 Å². The molecule has 0 atom stereocenters. The summed E-state index contributed by atoms with van der Waals surface area (Å²) in [6.45, 7) is 0.240. The Labute approximate surface area is 186 Å². The second-order valence-corrected chi connectivity index (χ2v) is 7.59. The Hall–Kier alpha value is -3.45. The number of methoxy groups -OCH3 is 1. The van der Waals surface area contributed by atoms with Crippen molar-refractivity contribution in [3.8, 4) is 11.5 Å². The van der Waals surface area contributed by atoms with Gasteiger partial charge in [0.1, 0.15) is 12.4 Å². The number of aliphatic imine (C=N–C) groups is 1. The Balaban J connectivity index is 1.57. The van der Waals surface area contributed by atoms with Crippen molar-refractivity contribution < 1.29 is 23.4 Å². The highest BCUT2D eigenvalue weighted by molar-refractivity contribution is 9.10. The van der Waals surface area contributed by atoms with E-state index < -0.39 is 5.97 Å². The first-order chi connectivity index (χ1) is 15.0. The molecule has 0 radical (unpaired) electrons. The molecule has 0 bridgehead atoms. The number of carbonyl (C=O) groups is 1. The van der Waals surface area contributed by atoms with E-state index in [1.165, 1.54) is 12.1 Å². The zero-order valence-corrected chi connectivity index (χ0v) is 18.1. The fourth-order valence-electron chi connectivity index (χ4n) is 2.95. The summed E-state index contributed by atoms with van der Waals surface area (Å²) in [5.41, 5.74) is 2.39. The molecule has 0 N–H and O–H groups in total. The SMILES string of the molecule is COc1ccc(/C=C2/N=C(c3cccc(Br)c3)OC2=O)cc1OCc1ccc(F)cc1. The van der Waals surface area contributed by atoms with Crippen LogP contribution in [0.5, 0.6) is 11.5 Å². The number of hydrogen-bond donors (Lipinski definition) is 0. The number of esters is 1. The lowest BCUT2D eigenvalue weighted by Gasteiger charge is -2.11. The number of cyclic esters (lactones) is 1. The van der Waals surface area contributed by atoms with Crippen molar-refractivity contribution in [3.63, 3.8) is 0 Å². The Kier molecular flexibility index (Phi) is 6.13. The second-order valence-electron chi connectivity index (χ2n) is 6.67. The molecule has 156 valence electrons. The van der Waals surface area contributed by atoms with Gasteiger partial charge in [0.2, 0.25) is 5.90 Å². The van der Waals surface area contributed by atoms with E-state index in [0.717, 1.165) is 10.0 Å². The number of nitrogens with zero attached hydrogens (tertiary/aromatic N) is 1. The zero-order chi connectivity index (χ0) is 21.8. The van der Waals surface area contributed by atoms with E-state index in [1.54, 1.807) is 43.5 Å². The van der Waals surface area contributed by atoms with Crippen LogP contribution in [-0.2, 0) is 16.1 Å². The molecule has 4 rings (SSSR count). The van der Waals surface area contributed by atoms with Gasteiger partial charge in [-0.05, 0) is 59.7 Å². The molecule has 7 heteroatoms. The maximum Gasteiger partial charge on any atom is 0.363 e. The van der Waals surface area contributed by atoms with Crippen LogP contribution in [0, 0.1) is 5.82 Å². The van der Waals surface area contributed by atoms with E-state index in [4.69, 9.17) is 14.2 Å². The van der Waals surface area contributed by atoms with Gasteiger partial charge in [-0.2, -0.15) is 0 Å². The molecule has 0 spiro atoms. The molecule has 3 aromatic carbocycles. The van der Waals surface area contributed by atoms with E-state index in [2.05, 4.69) is 20.9 Å². The summed E-state index contributed by atoms with van der Waals surface area (Å²) in [7, 11) is 1.54. The monoisotopic (exact) mass is 481 g/mol. The lowest BCUT2D eigenvalue weighted by atomic mass is 10.1. The highest BCUT2D eigenvalue weighted by Crippen LogP contribution is 2.30. The van der Waals surface area contributed by atoms with E-state index in [9.17, 15) is 9.18 Å². The molecule has 0 saturated carbocycles. The lowest BCUT2D eigenvalue weighted by Crippen LogP contribution is -2.05. The largest absolute Gasteiger partial charge is 0.493 e. The molecule has 0 saturated heterocycles. The topological polar surface area (TPSA) is 57.1 Å². The lowest BCUT2D eigenvalue weighted by molar-refractivity contribution is -0.129. The van der Waals surface area contributed by atoms with E-state index in [-0.39, 0.29) is 24.0 Å². The normalized spacial score (nSPS) is 14.4. The van der Waals surface area contributed by atoms with Crippen LogP contribution in [0.1, 0.15) is 16.7 Å². The predicted molar refractivity (Wildman–Crippen MR) is 118 cm³/mol. The molecule has 0 fully saturated rings. The Morgan fingerprint density at radius 2 is 1.87 bits per heavy atom. The van der Waals surface area contributed by atoms with Crippen LogP contribution in [0.3, 0.4) is 0 Å². The van der Waals surface area contributed by atoms with Gasteiger partial charge in [-0.1, -0.05) is 40.2 Å². The molecular weight excluding hydrogens is 465 g/mol. The van der Waals surface area contributed by atoms with Gasteiger partial charge in [0.25, 0.3) is 0 Å². The Bertz CT molecular complexity index is 1190. The van der Waals surface area contributed by atoms with Gasteiger partial charge in [0, 0.05) is 10.0 Å². The zero-order valence-electron chi connectivity index (χ0n) is 16.5. The van der Waals surface area contributed by atoms with Crippen molar-refractivity contribution in [2.75, 3.05) is 7.11 Å². The molecule has 1 aliphatic heterocycles. The van der Waals surface area contributed by atoms with Crippen LogP contribution < -0.4 is 9.47 Å².